The Morgan fingerprint density at radius 1 is 1.04 bits per heavy atom. The van der Waals surface area contributed by atoms with Gasteiger partial charge in [0, 0.05) is 6.42 Å². The summed E-state index contributed by atoms with van der Waals surface area (Å²) in [7, 11) is 0. The molecule has 23 heavy (non-hydrogen) atoms. The molecule has 3 heteroatoms. The fourth-order valence-electron chi connectivity index (χ4n) is 3.39. The lowest BCUT2D eigenvalue weighted by atomic mass is 9.75. The standard InChI is InChI=1S/C10H20O2.C10H20O/c1-2-3-4-5-6-7-8-9-10(11)12;1-7(2)9-5-4-8(3)6-10(9)11/h2-9H2,1H3,(H,11,12);7-11H,4-6H2,1-3H3. The molecule has 1 saturated carbocycles. The van der Waals surface area contributed by atoms with Gasteiger partial charge < -0.3 is 10.2 Å². The first-order chi connectivity index (χ1) is 10.9. The monoisotopic (exact) mass is 328 g/mol. The number of hydrogen-bond acceptors (Lipinski definition) is 2. The minimum absolute atomic E-state index is 0.0289. The molecule has 3 nitrogen and oxygen atoms in total. The van der Waals surface area contributed by atoms with E-state index in [4.69, 9.17) is 5.11 Å². The van der Waals surface area contributed by atoms with Crippen molar-refractivity contribution in [1.82, 2.24) is 0 Å². The average Bonchev–Trinajstić information content (AvgIpc) is 2.46. The second-order valence-corrected chi connectivity index (χ2v) is 7.66. The Kier molecular flexibility index (Phi) is 13.5. The van der Waals surface area contributed by atoms with Gasteiger partial charge in [-0.15, -0.1) is 0 Å². The number of aliphatic hydroxyl groups is 1. The Morgan fingerprint density at radius 3 is 2.09 bits per heavy atom. The van der Waals surface area contributed by atoms with Gasteiger partial charge in [0.15, 0.2) is 0 Å². The van der Waals surface area contributed by atoms with Crippen molar-refractivity contribution in [2.45, 2.75) is 104 Å². The minimum Gasteiger partial charge on any atom is -0.481 e. The molecule has 1 rings (SSSR count). The van der Waals surface area contributed by atoms with E-state index in [2.05, 4.69) is 27.7 Å². The minimum atomic E-state index is -0.663. The van der Waals surface area contributed by atoms with Crippen LogP contribution in [0.4, 0.5) is 0 Å². The maximum Gasteiger partial charge on any atom is 0.303 e. The number of unbranched alkanes of at least 4 members (excludes halogenated alkanes) is 6. The Balaban J connectivity index is 0.000000422. The molecular formula is C20H40O3. The summed E-state index contributed by atoms with van der Waals surface area (Å²) in [6.07, 6.45) is 12.2. The van der Waals surface area contributed by atoms with Crippen LogP contribution < -0.4 is 0 Å². The number of carboxylic acid groups (broad SMARTS) is 1. The van der Waals surface area contributed by atoms with Gasteiger partial charge in [0.1, 0.15) is 0 Å². The summed E-state index contributed by atoms with van der Waals surface area (Å²) in [6.45, 7) is 8.86. The highest BCUT2D eigenvalue weighted by atomic mass is 16.4. The van der Waals surface area contributed by atoms with Crippen molar-refractivity contribution in [2.75, 3.05) is 0 Å². The smallest absolute Gasteiger partial charge is 0.303 e. The SMILES string of the molecule is CC1CCC(C(C)C)C(O)C1.CCCCCCCCCC(=O)O. The van der Waals surface area contributed by atoms with Crippen LogP contribution in [-0.4, -0.2) is 22.3 Å². The number of carbonyl (C=O) groups is 1. The van der Waals surface area contributed by atoms with E-state index in [0.717, 1.165) is 25.2 Å². The Labute approximate surface area is 143 Å². The topological polar surface area (TPSA) is 57.5 Å². The van der Waals surface area contributed by atoms with E-state index < -0.39 is 5.97 Å². The molecule has 3 atom stereocenters. The van der Waals surface area contributed by atoms with Gasteiger partial charge in [-0.2, -0.15) is 0 Å². The van der Waals surface area contributed by atoms with Crippen LogP contribution in [0, 0.1) is 17.8 Å². The maximum absolute atomic E-state index is 10.1. The Hall–Kier alpha value is -0.570. The summed E-state index contributed by atoms with van der Waals surface area (Å²) in [4.78, 5) is 10.1. The van der Waals surface area contributed by atoms with Gasteiger partial charge in [0.2, 0.25) is 0 Å². The molecule has 0 radical (unpaired) electrons. The van der Waals surface area contributed by atoms with Crippen LogP contribution in [-0.2, 0) is 4.79 Å². The van der Waals surface area contributed by atoms with Crippen molar-refractivity contribution in [3.05, 3.63) is 0 Å². The van der Waals surface area contributed by atoms with Crippen molar-refractivity contribution in [2.24, 2.45) is 17.8 Å². The van der Waals surface area contributed by atoms with E-state index in [1.807, 2.05) is 0 Å². The van der Waals surface area contributed by atoms with E-state index in [1.165, 1.54) is 44.9 Å². The molecule has 0 bridgehead atoms. The fraction of sp³-hybridized carbons (Fsp3) is 0.950. The molecule has 0 amide bonds. The Bertz CT molecular complexity index is 289. The molecule has 2 N–H and O–H groups in total. The van der Waals surface area contributed by atoms with Gasteiger partial charge in [-0.1, -0.05) is 72.6 Å². The lowest BCUT2D eigenvalue weighted by molar-refractivity contribution is -0.137. The summed E-state index contributed by atoms with van der Waals surface area (Å²) in [6, 6.07) is 0. The third-order valence-electron chi connectivity index (χ3n) is 4.98. The quantitative estimate of drug-likeness (QED) is 0.538. The molecule has 0 saturated heterocycles. The van der Waals surface area contributed by atoms with Crippen molar-refractivity contribution in [3.8, 4) is 0 Å². The van der Waals surface area contributed by atoms with Crippen LogP contribution in [0.2, 0.25) is 0 Å². The largest absolute Gasteiger partial charge is 0.481 e. The van der Waals surface area contributed by atoms with E-state index in [1.54, 1.807) is 0 Å². The maximum atomic E-state index is 10.1. The molecule has 1 aliphatic carbocycles. The predicted octanol–water partition coefficient (Wildman–Crippen LogP) is 5.65. The molecule has 0 heterocycles. The van der Waals surface area contributed by atoms with Crippen LogP contribution in [0.1, 0.15) is 98.3 Å². The zero-order chi connectivity index (χ0) is 17.7. The molecule has 0 aromatic heterocycles. The van der Waals surface area contributed by atoms with E-state index in [-0.39, 0.29) is 6.10 Å². The number of carboxylic acids is 1. The highest BCUT2D eigenvalue weighted by Gasteiger charge is 2.28. The normalized spacial score (nSPS) is 24.2. The highest BCUT2D eigenvalue weighted by molar-refractivity contribution is 5.66. The van der Waals surface area contributed by atoms with Gasteiger partial charge in [-0.3, -0.25) is 4.79 Å². The molecule has 0 aromatic carbocycles. The summed E-state index contributed by atoms with van der Waals surface area (Å²) in [5, 5.41) is 18.1. The van der Waals surface area contributed by atoms with E-state index in [9.17, 15) is 9.90 Å². The Morgan fingerprint density at radius 2 is 1.61 bits per heavy atom. The average molecular weight is 329 g/mol. The molecule has 1 fully saturated rings. The van der Waals surface area contributed by atoms with E-state index in [0.29, 0.717) is 18.3 Å². The first kappa shape index (κ1) is 22.4. The lowest BCUT2D eigenvalue weighted by Crippen LogP contribution is -2.31. The molecule has 0 spiro atoms. The highest BCUT2D eigenvalue weighted by Crippen LogP contribution is 2.33. The molecule has 0 aliphatic heterocycles. The van der Waals surface area contributed by atoms with E-state index >= 15 is 0 Å². The zero-order valence-electron chi connectivity index (χ0n) is 15.9. The van der Waals surface area contributed by atoms with Crippen molar-refractivity contribution in [3.63, 3.8) is 0 Å². The third-order valence-corrected chi connectivity index (χ3v) is 4.98. The third kappa shape index (κ3) is 12.5. The molecular weight excluding hydrogens is 288 g/mol. The summed E-state index contributed by atoms with van der Waals surface area (Å²) >= 11 is 0. The predicted molar refractivity (Wildman–Crippen MR) is 97.6 cm³/mol. The number of rotatable bonds is 9. The molecule has 138 valence electrons. The van der Waals surface area contributed by atoms with Gasteiger partial charge >= 0.3 is 5.97 Å². The second-order valence-electron chi connectivity index (χ2n) is 7.66. The first-order valence-corrected chi connectivity index (χ1v) is 9.78. The summed E-state index contributed by atoms with van der Waals surface area (Å²) in [5.74, 6) is 1.28. The van der Waals surface area contributed by atoms with Crippen LogP contribution in [0.3, 0.4) is 0 Å². The van der Waals surface area contributed by atoms with Crippen molar-refractivity contribution in [1.29, 1.82) is 0 Å². The fourth-order valence-corrected chi connectivity index (χ4v) is 3.39. The number of aliphatic hydroxyl groups excluding tert-OH is 1. The first-order valence-electron chi connectivity index (χ1n) is 9.78. The van der Waals surface area contributed by atoms with Gasteiger partial charge in [0.25, 0.3) is 0 Å². The van der Waals surface area contributed by atoms with Crippen LogP contribution in [0.25, 0.3) is 0 Å². The number of aliphatic carboxylic acids is 1. The number of hydrogen-bond donors (Lipinski definition) is 2. The van der Waals surface area contributed by atoms with Crippen LogP contribution >= 0.6 is 0 Å². The molecule has 1 aliphatic rings. The zero-order valence-corrected chi connectivity index (χ0v) is 15.9. The van der Waals surface area contributed by atoms with Gasteiger partial charge in [-0.25, -0.2) is 0 Å². The van der Waals surface area contributed by atoms with Gasteiger partial charge in [0.05, 0.1) is 6.10 Å². The van der Waals surface area contributed by atoms with Gasteiger partial charge in [-0.05, 0) is 37.0 Å². The van der Waals surface area contributed by atoms with Crippen molar-refractivity contribution >= 4 is 5.97 Å². The molecule has 0 aromatic rings. The lowest BCUT2D eigenvalue weighted by Gasteiger charge is -2.33. The summed E-state index contributed by atoms with van der Waals surface area (Å²) in [5.41, 5.74) is 0. The summed E-state index contributed by atoms with van der Waals surface area (Å²) < 4.78 is 0. The van der Waals surface area contributed by atoms with Crippen molar-refractivity contribution < 1.29 is 15.0 Å². The second kappa shape index (κ2) is 13.8. The van der Waals surface area contributed by atoms with Crippen LogP contribution in [0.5, 0.6) is 0 Å². The molecule has 3 unspecified atom stereocenters. The van der Waals surface area contributed by atoms with Crippen LogP contribution in [0.15, 0.2) is 0 Å².